The summed E-state index contributed by atoms with van der Waals surface area (Å²) in [6.45, 7) is 2.26. The van der Waals surface area contributed by atoms with Gasteiger partial charge in [-0.15, -0.1) is 0 Å². The number of benzene rings is 1. The van der Waals surface area contributed by atoms with Gasteiger partial charge in [-0.1, -0.05) is 5.16 Å². The van der Waals surface area contributed by atoms with Gasteiger partial charge in [0.25, 0.3) is 0 Å². The summed E-state index contributed by atoms with van der Waals surface area (Å²) in [4.78, 5) is 18.7. The highest BCUT2D eigenvalue weighted by atomic mass is 19.1. The standard InChI is InChI=1S/C18H21FN4O2/c19-14-3-1-12(2-4-14)17-21-16(25-22-17)11-23-9-7-13(8-10-23)18(24)20-15-5-6-15/h1-4,13,15H,5-11H2,(H,20,24). The van der Waals surface area contributed by atoms with Crippen molar-refractivity contribution in [2.24, 2.45) is 5.92 Å². The maximum atomic E-state index is 13.0. The third kappa shape index (κ3) is 4.04. The van der Waals surface area contributed by atoms with Crippen LogP contribution in [0.5, 0.6) is 0 Å². The SMILES string of the molecule is O=C(NC1CC1)C1CCN(Cc2nc(-c3ccc(F)cc3)no2)CC1. The molecule has 2 aliphatic rings. The lowest BCUT2D eigenvalue weighted by Gasteiger charge is -2.30. The molecule has 1 N–H and O–H groups in total. The molecule has 1 aromatic heterocycles. The van der Waals surface area contributed by atoms with E-state index < -0.39 is 0 Å². The summed E-state index contributed by atoms with van der Waals surface area (Å²) >= 11 is 0. The van der Waals surface area contributed by atoms with E-state index in [0.717, 1.165) is 44.3 Å². The van der Waals surface area contributed by atoms with Crippen LogP contribution >= 0.6 is 0 Å². The molecule has 1 aliphatic heterocycles. The number of halogens is 1. The average Bonchev–Trinajstić information content (AvgIpc) is 3.32. The van der Waals surface area contributed by atoms with E-state index in [1.54, 1.807) is 12.1 Å². The van der Waals surface area contributed by atoms with Gasteiger partial charge < -0.3 is 9.84 Å². The van der Waals surface area contributed by atoms with Crippen molar-refractivity contribution >= 4 is 5.91 Å². The molecule has 0 bridgehead atoms. The summed E-state index contributed by atoms with van der Waals surface area (Å²) in [5, 5.41) is 7.05. The predicted molar refractivity (Wildman–Crippen MR) is 88.9 cm³/mol. The van der Waals surface area contributed by atoms with Gasteiger partial charge in [-0.2, -0.15) is 4.98 Å². The smallest absolute Gasteiger partial charge is 0.241 e. The van der Waals surface area contributed by atoms with Crippen LogP contribution in [0.2, 0.25) is 0 Å². The van der Waals surface area contributed by atoms with Crippen LogP contribution in [-0.4, -0.2) is 40.1 Å². The molecule has 2 fully saturated rings. The summed E-state index contributed by atoms with van der Waals surface area (Å²) in [6, 6.07) is 6.45. The van der Waals surface area contributed by atoms with Gasteiger partial charge >= 0.3 is 0 Å². The number of nitrogens with zero attached hydrogens (tertiary/aromatic N) is 3. The van der Waals surface area contributed by atoms with Crippen LogP contribution in [0.4, 0.5) is 4.39 Å². The number of nitrogens with one attached hydrogen (secondary N) is 1. The van der Waals surface area contributed by atoms with Gasteiger partial charge in [0.15, 0.2) is 0 Å². The number of hydrogen-bond acceptors (Lipinski definition) is 5. The number of amides is 1. The first-order chi connectivity index (χ1) is 12.2. The molecule has 0 spiro atoms. The van der Waals surface area contributed by atoms with Gasteiger partial charge in [-0.05, 0) is 63.0 Å². The van der Waals surface area contributed by atoms with Gasteiger partial charge in [-0.3, -0.25) is 9.69 Å². The monoisotopic (exact) mass is 344 g/mol. The number of aromatic nitrogens is 2. The molecule has 4 rings (SSSR count). The first kappa shape index (κ1) is 16.2. The Hall–Kier alpha value is -2.28. The van der Waals surface area contributed by atoms with Crippen LogP contribution in [-0.2, 0) is 11.3 Å². The molecule has 7 heteroatoms. The molecule has 25 heavy (non-hydrogen) atoms. The highest BCUT2D eigenvalue weighted by Crippen LogP contribution is 2.23. The highest BCUT2D eigenvalue weighted by molar-refractivity contribution is 5.79. The Kier molecular flexibility index (Phi) is 4.48. The van der Waals surface area contributed by atoms with Crippen molar-refractivity contribution in [2.75, 3.05) is 13.1 Å². The Morgan fingerprint density at radius 3 is 2.60 bits per heavy atom. The third-order valence-corrected chi connectivity index (χ3v) is 4.81. The Morgan fingerprint density at radius 2 is 1.92 bits per heavy atom. The first-order valence-electron chi connectivity index (χ1n) is 8.78. The Labute approximate surface area is 145 Å². The molecule has 1 aliphatic carbocycles. The molecule has 132 valence electrons. The molecule has 0 unspecified atom stereocenters. The van der Waals surface area contributed by atoms with Gasteiger partial charge in [0.2, 0.25) is 17.6 Å². The predicted octanol–water partition coefficient (Wildman–Crippen LogP) is 2.37. The fourth-order valence-electron chi connectivity index (χ4n) is 3.13. The molecule has 0 atom stereocenters. The minimum absolute atomic E-state index is 0.120. The molecule has 0 radical (unpaired) electrons. The average molecular weight is 344 g/mol. The number of likely N-dealkylation sites (tertiary alicyclic amines) is 1. The van der Waals surface area contributed by atoms with Crippen molar-refractivity contribution in [2.45, 2.75) is 38.3 Å². The van der Waals surface area contributed by atoms with Gasteiger partial charge in [-0.25, -0.2) is 4.39 Å². The normalized spacial score (nSPS) is 19.1. The third-order valence-electron chi connectivity index (χ3n) is 4.81. The van der Waals surface area contributed by atoms with Crippen molar-refractivity contribution < 1.29 is 13.7 Å². The lowest BCUT2D eigenvalue weighted by atomic mass is 9.96. The van der Waals surface area contributed by atoms with Crippen molar-refractivity contribution in [1.82, 2.24) is 20.4 Å². The molecule has 1 aromatic carbocycles. The molecule has 2 aromatic rings. The van der Waals surface area contributed by atoms with E-state index in [0.29, 0.717) is 24.3 Å². The van der Waals surface area contributed by atoms with Crippen LogP contribution in [0.15, 0.2) is 28.8 Å². The largest absolute Gasteiger partial charge is 0.353 e. The van der Waals surface area contributed by atoms with E-state index >= 15 is 0 Å². The molecule has 2 heterocycles. The maximum Gasteiger partial charge on any atom is 0.241 e. The summed E-state index contributed by atoms with van der Waals surface area (Å²) in [5.41, 5.74) is 0.729. The van der Waals surface area contributed by atoms with Crippen molar-refractivity contribution in [3.8, 4) is 11.4 Å². The number of carbonyl (C=O) groups excluding carboxylic acids is 1. The maximum absolute atomic E-state index is 13.0. The fourth-order valence-corrected chi connectivity index (χ4v) is 3.13. The second kappa shape index (κ2) is 6.92. The summed E-state index contributed by atoms with van der Waals surface area (Å²) < 4.78 is 18.3. The van der Waals surface area contributed by atoms with Crippen molar-refractivity contribution in [3.63, 3.8) is 0 Å². The highest BCUT2D eigenvalue weighted by Gasteiger charge is 2.30. The molecule has 1 saturated carbocycles. The van der Waals surface area contributed by atoms with Crippen LogP contribution < -0.4 is 5.32 Å². The fraction of sp³-hybridized carbons (Fsp3) is 0.500. The molecular weight excluding hydrogens is 323 g/mol. The second-order valence-electron chi connectivity index (χ2n) is 6.85. The lowest BCUT2D eigenvalue weighted by molar-refractivity contribution is -0.126. The number of rotatable bonds is 5. The number of carbonyl (C=O) groups is 1. The summed E-state index contributed by atoms with van der Waals surface area (Å²) in [6.07, 6.45) is 3.96. The minimum Gasteiger partial charge on any atom is -0.353 e. The lowest BCUT2D eigenvalue weighted by Crippen LogP contribution is -2.40. The van der Waals surface area contributed by atoms with Gasteiger partial charge in [0.1, 0.15) is 5.82 Å². The van der Waals surface area contributed by atoms with E-state index in [2.05, 4.69) is 20.4 Å². The van der Waals surface area contributed by atoms with E-state index in [9.17, 15) is 9.18 Å². The zero-order chi connectivity index (χ0) is 17.2. The first-order valence-corrected chi connectivity index (χ1v) is 8.78. The summed E-state index contributed by atoms with van der Waals surface area (Å²) in [7, 11) is 0. The van der Waals surface area contributed by atoms with Crippen molar-refractivity contribution in [1.29, 1.82) is 0 Å². The Bertz CT molecular complexity index is 734. The van der Waals surface area contributed by atoms with Crippen molar-refractivity contribution in [3.05, 3.63) is 36.0 Å². The number of piperidine rings is 1. The second-order valence-corrected chi connectivity index (χ2v) is 6.85. The van der Waals surface area contributed by atoms with Crippen LogP contribution in [0.3, 0.4) is 0 Å². The van der Waals surface area contributed by atoms with Crippen LogP contribution in [0.1, 0.15) is 31.6 Å². The van der Waals surface area contributed by atoms with Gasteiger partial charge in [0, 0.05) is 17.5 Å². The zero-order valence-corrected chi connectivity index (χ0v) is 13.9. The number of hydrogen-bond donors (Lipinski definition) is 1. The van der Waals surface area contributed by atoms with Gasteiger partial charge in [0.05, 0.1) is 6.54 Å². The summed E-state index contributed by atoms with van der Waals surface area (Å²) in [5.74, 6) is 1.04. The Morgan fingerprint density at radius 1 is 1.20 bits per heavy atom. The minimum atomic E-state index is -0.291. The quantitative estimate of drug-likeness (QED) is 0.902. The van der Waals surface area contributed by atoms with E-state index in [-0.39, 0.29) is 17.6 Å². The molecule has 1 amide bonds. The Balaban J connectivity index is 1.30. The topological polar surface area (TPSA) is 71.3 Å². The van der Waals surface area contributed by atoms with E-state index in [1.807, 2.05) is 0 Å². The van der Waals surface area contributed by atoms with Crippen LogP contribution in [0.25, 0.3) is 11.4 Å². The van der Waals surface area contributed by atoms with E-state index in [1.165, 1.54) is 12.1 Å². The molecule has 1 saturated heterocycles. The van der Waals surface area contributed by atoms with Crippen LogP contribution in [0, 0.1) is 11.7 Å². The van der Waals surface area contributed by atoms with E-state index in [4.69, 9.17) is 4.52 Å². The zero-order valence-electron chi connectivity index (χ0n) is 13.9. The molecular formula is C18H21FN4O2. The molecule has 6 nitrogen and oxygen atoms in total.